The summed E-state index contributed by atoms with van der Waals surface area (Å²) < 4.78 is 44.3. The molecule has 0 saturated carbocycles. The van der Waals surface area contributed by atoms with E-state index in [1.807, 2.05) is 0 Å². The predicted octanol–water partition coefficient (Wildman–Crippen LogP) is 0.994. The van der Waals surface area contributed by atoms with E-state index in [1.165, 1.54) is 0 Å². The van der Waals surface area contributed by atoms with Crippen molar-refractivity contribution in [3.8, 4) is 5.75 Å². The van der Waals surface area contributed by atoms with E-state index in [1.54, 1.807) is 6.92 Å². The molecule has 0 atom stereocenters. The number of likely N-dealkylation sites (N-methyl/N-ethyl adjacent to an activating group) is 1. The smallest absolute Gasteiger partial charge is 0.452 e. The summed E-state index contributed by atoms with van der Waals surface area (Å²) >= 11 is 0. The van der Waals surface area contributed by atoms with Crippen LogP contribution in [-0.4, -0.2) is 43.8 Å². The minimum absolute atomic E-state index is 0.0546. The maximum atomic E-state index is 12.0. The zero-order valence-electron chi connectivity index (χ0n) is 12.6. The van der Waals surface area contributed by atoms with Crippen molar-refractivity contribution in [1.82, 2.24) is 10.6 Å². The van der Waals surface area contributed by atoms with Crippen LogP contribution in [0.1, 0.15) is 17.3 Å². The molecule has 1 rings (SSSR count). The second-order valence-corrected chi connectivity index (χ2v) is 4.38. The van der Waals surface area contributed by atoms with Crippen LogP contribution in [0.15, 0.2) is 24.3 Å². The first-order valence-electron chi connectivity index (χ1n) is 6.77. The van der Waals surface area contributed by atoms with Gasteiger partial charge in [0.05, 0.1) is 12.1 Å². The van der Waals surface area contributed by atoms with Gasteiger partial charge in [0.15, 0.2) is 6.61 Å². The number of halogens is 3. The van der Waals surface area contributed by atoms with E-state index >= 15 is 0 Å². The fourth-order valence-corrected chi connectivity index (χ4v) is 1.50. The topological polar surface area (TPSA) is 93.7 Å². The molecule has 0 bridgehead atoms. The Morgan fingerprint density at radius 3 is 2.21 bits per heavy atom. The molecule has 132 valence electrons. The van der Waals surface area contributed by atoms with Crippen molar-refractivity contribution in [1.29, 1.82) is 0 Å². The molecule has 0 aliphatic heterocycles. The van der Waals surface area contributed by atoms with Crippen molar-refractivity contribution in [3.05, 3.63) is 29.8 Å². The van der Waals surface area contributed by atoms with Crippen molar-refractivity contribution >= 4 is 17.8 Å². The zero-order valence-corrected chi connectivity index (χ0v) is 12.6. The van der Waals surface area contributed by atoms with Gasteiger partial charge in [0.25, 0.3) is 5.91 Å². The molecule has 1 aromatic carbocycles. The van der Waals surface area contributed by atoms with E-state index in [4.69, 9.17) is 0 Å². The van der Waals surface area contributed by atoms with Gasteiger partial charge in [0.1, 0.15) is 5.75 Å². The number of nitrogens with one attached hydrogen (secondary N) is 2. The summed E-state index contributed by atoms with van der Waals surface area (Å²) in [5.74, 6) is -2.47. The number of ether oxygens (including phenoxy) is 2. The summed E-state index contributed by atoms with van der Waals surface area (Å²) in [6.45, 7) is 1.25. The largest absolute Gasteiger partial charge is 0.573 e. The van der Waals surface area contributed by atoms with Gasteiger partial charge in [-0.25, -0.2) is 4.79 Å². The number of carbonyl (C=O) groups is 3. The number of carbonyl (C=O) groups excluding carboxylic acids is 3. The third kappa shape index (κ3) is 7.47. The van der Waals surface area contributed by atoms with Crippen LogP contribution in [0.4, 0.5) is 13.2 Å². The monoisotopic (exact) mass is 348 g/mol. The maximum Gasteiger partial charge on any atom is 0.573 e. The normalized spacial score (nSPS) is 10.7. The lowest BCUT2D eigenvalue weighted by atomic mass is 10.2. The summed E-state index contributed by atoms with van der Waals surface area (Å²) in [5.41, 5.74) is -0.0546. The van der Waals surface area contributed by atoms with Crippen LogP contribution in [0, 0.1) is 0 Å². The van der Waals surface area contributed by atoms with Crippen LogP contribution in [0.3, 0.4) is 0 Å². The Balaban J connectivity index is 2.42. The standard InChI is InChI=1S/C14H15F3N2O5/c1-2-18-11(20)7-19-12(21)8-23-13(22)9-3-5-10(6-4-9)24-14(15,16)17/h3-6H,2,7-8H2,1H3,(H,18,20)(H,19,21). The molecule has 7 nitrogen and oxygen atoms in total. The molecule has 0 spiro atoms. The number of benzene rings is 1. The van der Waals surface area contributed by atoms with Gasteiger partial charge in [-0.05, 0) is 31.2 Å². The first-order valence-corrected chi connectivity index (χ1v) is 6.77. The van der Waals surface area contributed by atoms with E-state index in [9.17, 15) is 27.6 Å². The highest BCUT2D eigenvalue weighted by atomic mass is 19.4. The molecule has 0 heterocycles. The molecular weight excluding hydrogens is 333 g/mol. The lowest BCUT2D eigenvalue weighted by Crippen LogP contribution is -2.38. The Morgan fingerprint density at radius 1 is 1.04 bits per heavy atom. The summed E-state index contributed by atoms with van der Waals surface area (Å²) in [6, 6.07) is 4.02. The molecule has 0 saturated heterocycles. The molecule has 0 aromatic heterocycles. The SMILES string of the molecule is CCNC(=O)CNC(=O)COC(=O)c1ccc(OC(F)(F)F)cc1. The van der Waals surface area contributed by atoms with Gasteiger partial charge in [0.2, 0.25) is 5.91 Å². The van der Waals surface area contributed by atoms with Crippen LogP contribution in [0.2, 0.25) is 0 Å². The Kier molecular flexibility index (Phi) is 7.02. The third-order valence-electron chi connectivity index (χ3n) is 2.48. The minimum atomic E-state index is -4.83. The predicted molar refractivity (Wildman–Crippen MR) is 75.1 cm³/mol. The fraction of sp³-hybridized carbons (Fsp3) is 0.357. The Bertz CT molecular complexity index is 587. The van der Waals surface area contributed by atoms with Crippen LogP contribution < -0.4 is 15.4 Å². The molecule has 0 radical (unpaired) electrons. The average Bonchev–Trinajstić information content (AvgIpc) is 2.50. The number of amides is 2. The zero-order chi connectivity index (χ0) is 18.2. The molecule has 10 heteroatoms. The van der Waals surface area contributed by atoms with Crippen LogP contribution in [0.25, 0.3) is 0 Å². The molecular formula is C14H15F3N2O5. The van der Waals surface area contributed by atoms with E-state index in [2.05, 4.69) is 20.1 Å². The number of esters is 1. The number of rotatable bonds is 7. The second kappa shape index (κ2) is 8.75. The molecule has 2 amide bonds. The van der Waals surface area contributed by atoms with Crippen molar-refractivity contribution in [3.63, 3.8) is 0 Å². The van der Waals surface area contributed by atoms with E-state index in [-0.39, 0.29) is 12.1 Å². The van der Waals surface area contributed by atoms with E-state index in [0.29, 0.717) is 6.54 Å². The number of alkyl halides is 3. The molecule has 2 N–H and O–H groups in total. The fourth-order valence-electron chi connectivity index (χ4n) is 1.50. The Hall–Kier alpha value is -2.78. The first kappa shape index (κ1) is 19.3. The van der Waals surface area contributed by atoms with Crippen molar-refractivity contribution in [2.24, 2.45) is 0 Å². The second-order valence-electron chi connectivity index (χ2n) is 4.38. The number of hydrogen-bond acceptors (Lipinski definition) is 5. The molecule has 0 unspecified atom stereocenters. The molecule has 0 aliphatic rings. The Morgan fingerprint density at radius 2 is 1.67 bits per heavy atom. The van der Waals surface area contributed by atoms with Crippen molar-refractivity contribution in [2.45, 2.75) is 13.3 Å². The van der Waals surface area contributed by atoms with Crippen molar-refractivity contribution < 1.29 is 37.0 Å². The van der Waals surface area contributed by atoms with Gasteiger partial charge >= 0.3 is 12.3 Å². The third-order valence-corrected chi connectivity index (χ3v) is 2.48. The summed E-state index contributed by atoms with van der Waals surface area (Å²) in [5, 5.41) is 4.70. The maximum absolute atomic E-state index is 12.0. The first-order chi connectivity index (χ1) is 11.2. The molecule has 0 aliphatic carbocycles. The lowest BCUT2D eigenvalue weighted by molar-refractivity contribution is -0.274. The lowest BCUT2D eigenvalue weighted by Gasteiger charge is -2.09. The molecule has 1 aromatic rings. The van der Waals surface area contributed by atoms with E-state index < -0.39 is 36.5 Å². The van der Waals surface area contributed by atoms with Gasteiger partial charge in [-0.3, -0.25) is 9.59 Å². The summed E-state index contributed by atoms with van der Waals surface area (Å²) in [6.07, 6.45) is -4.83. The quantitative estimate of drug-likeness (QED) is 0.717. The van der Waals surface area contributed by atoms with Gasteiger partial charge in [-0.2, -0.15) is 0 Å². The summed E-state index contributed by atoms with van der Waals surface area (Å²) in [4.78, 5) is 34.1. The number of hydrogen-bond donors (Lipinski definition) is 2. The van der Waals surface area contributed by atoms with Crippen molar-refractivity contribution in [2.75, 3.05) is 19.7 Å². The van der Waals surface area contributed by atoms with Gasteiger partial charge in [0, 0.05) is 6.54 Å². The van der Waals surface area contributed by atoms with Crippen LogP contribution >= 0.6 is 0 Å². The van der Waals surface area contributed by atoms with Gasteiger partial charge < -0.3 is 20.1 Å². The van der Waals surface area contributed by atoms with Gasteiger partial charge in [-0.1, -0.05) is 0 Å². The minimum Gasteiger partial charge on any atom is -0.452 e. The van der Waals surface area contributed by atoms with Crippen LogP contribution in [-0.2, 0) is 14.3 Å². The van der Waals surface area contributed by atoms with E-state index in [0.717, 1.165) is 24.3 Å². The highest BCUT2D eigenvalue weighted by molar-refractivity contribution is 5.92. The Labute approximate surface area is 135 Å². The average molecular weight is 348 g/mol. The molecule has 24 heavy (non-hydrogen) atoms. The summed E-state index contributed by atoms with van der Waals surface area (Å²) in [7, 11) is 0. The highest BCUT2D eigenvalue weighted by Gasteiger charge is 2.31. The molecule has 0 fully saturated rings. The van der Waals surface area contributed by atoms with Gasteiger partial charge in [-0.15, -0.1) is 13.2 Å². The van der Waals surface area contributed by atoms with Crippen LogP contribution in [0.5, 0.6) is 5.75 Å². The highest BCUT2D eigenvalue weighted by Crippen LogP contribution is 2.22.